The van der Waals surface area contributed by atoms with E-state index < -0.39 is 11.8 Å². The van der Waals surface area contributed by atoms with Gasteiger partial charge >= 0.3 is 0 Å². The van der Waals surface area contributed by atoms with Crippen molar-refractivity contribution in [3.63, 3.8) is 0 Å². The minimum absolute atomic E-state index is 0.176. The van der Waals surface area contributed by atoms with E-state index >= 15 is 0 Å². The van der Waals surface area contributed by atoms with Gasteiger partial charge in [-0.15, -0.1) is 5.06 Å². The van der Waals surface area contributed by atoms with Crippen LogP contribution in [0.1, 0.15) is 40.1 Å². The Labute approximate surface area is 141 Å². The molecular formula is C19H20N2O3. The maximum Gasteiger partial charge on any atom is 0.285 e. The molecule has 0 bridgehead atoms. The molecule has 0 aromatic heterocycles. The number of carbonyl (C=O) groups is 2. The lowest BCUT2D eigenvalue weighted by Gasteiger charge is -2.21. The molecule has 2 aromatic rings. The lowest BCUT2D eigenvalue weighted by Crippen LogP contribution is -2.29. The van der Waals surface area contributed by atoms with Crippen molar-refractivity contribution in [3.05, 3.63) is 65.2 Å². The second-order valence-corrected chi connectivity index (χ2v) is 5.57. The van der Waals surface area contributed by atoms with E-state index in [0.717, 1.165) is 29.4 Å². The van der Waals surface area contributed by atoms with Crippen LogP contribution in [0.15, 0.2) is 48.5 Å². The number of imide groups is 1. The van der Waals surface area contributed by atoms with Gasteiger partial charge in [0.05, 0.1) is 11.1 Å². The first kappa shape index (κ1) is 16.2. The fourth-order valence-electron chi connectivity index (χ4n) is 2.82. The van der Waals surface area contributed by atoms with Crippen LogP contribution < -0.4 is 4.90 Å². The van der Waals surface area contributed by atoms with E-state index in [0.29, 0.717) is 11.1 Å². The number of rotatable bonds is 6. The molecule has 2 amide bonds. The van der Waals surface area contributed by atoms with Crippen molar-refractivity contribution >= 4 is 17.5 Å². The molecule has 124 valence electrons. The summed E-state index contributed by atoms with van der Waals surface area (Å²) in [4.78, 5) is 32.6. The van der Waals surface area contributed by atoms with Gasteiger partial charge in [-0.05, 0) is 37.6 Å². The summed E-state index contributed by atoms with van der Waals surface area (Å²) in [7, 11) is 0. The van der Waals surface area contributed by atoms with E-state index in [9.17, 15) is 9.59 Å². The third-order valence-corrected chi connectivity index (χ3v) is 4.16. The van der Waals surface area contributed by atoms with E-state index in [1.165, 1.54) is 0 Å². The van der Waals surface area contributed by atoms with Gasteiger partial charge in [-0.25, -0.2) is 0 Å². The molecule has 0 N–H and O–H groups in total. The topological polar surface area (TPSA) is 49.9 Å². The van der Waals surface area contributed by atoms with Crippen LogP contribution in [0.25, 0.3) is 0 Å². The third-order valence-electron chi connectivity index (χ3n) is 4.16. The van der Waals surface area contributed by atoms with Gasteiger partial charge in [0, 0.05) is 18.8 Å². The fraction of sp³-hybridized carbons (Fsp3) is 0.263. The van der Waals surface area contributed by atoms with Crippen molar-refractivity contribution in [2.75, 3.05) is 18.0 Å². The van der Waals surface area contributed by atoms with Gasteiger partial charge in [-0.3, -0.25) is 14.4 Å². The van der Waals surface area contributed by atoms with E-state index in [4.69, 9.17) is 4.84 Å². The SMILES string of the molecule is CCN(CC)c1ccc2c(c1)C(=O)N(OCc1ccccc1)C2=O. The highest BCUT2D eigenvalue weighted by molar-refractivity contribution is 6.20. The Kier molecular flexibility index (Phi) is 4.62. The van der Waals surface area contributed by atoms with Gasteiger partial charge in [0.2, 0.25) is 0 Å². The molecule has 1 aliphatic heterocycles. The van der Waals surface area contributed by atoms with Crippen LogP contribution in [0.3, 0.4) is 0 Å². The summed E-state index contributed by atoms with van der Waals surface area (Å²) < 4.78 is 0. The van der Waals surface area contributed by atoms with Crippen molar-refractivity contribution in [3.8, 4) is 0 Å². The Morgan fingerprint density at radius 1 is 0.917 bits per heavy atom. The van der Waals surface area contributed by atoms with Crippen LogP contribution in [-0.4, -0.2) is 30.0 Å². The second-order valence-electron chi connectivity index (χ2n) is 5.57. The number of hydroxylamine groups is 2. The van der Waals surface area contributed by atoms with Gasteiger partial charge in [-0.1, -0.05) is 30.3 Å². The summed E-state index contributed by atoms with van der Waals surface area (Å²) in [6.45, 7) is 5.96. The largest absolute Gasteiger partial charge is 0.372 e. The summed E-state index contributed by atoms with van der Waals surface area (Å²) in [6.07, 6.45) is 0. The average Bonchev–Trinajstić information content (AvgIpc) is 2.86. The number of nitrogens with zero attached hydrogens (tertiary/aromatic N) is 2. The Morgan fingerprint density at radius 2 is 1.58 bits per heavy atom. The molecule has 1 heterocycles. The Bertz CT molecular complexity index is 754. The predicted molar refractivity (Wildman–Crippen MR) is 91.7 cm³/mol. The van der Waals surface area contributed by atoms with Crippen molar-refractivity contribution < 1.29 is 14.4 Å². The van der Waals surface area contributed by atoms with Crippen LogP contribution in [0.4, 0.5) is 5.69 Å². The number of benzene rings is 2. The van der Waals surface area contributed by atoms with Crippen molar-refractivity contribution in [2.24, 2.45) is 0 Å². The van der Waals surface area contributed by atoms with Crippen LogP contribution in [0, 0.1) is 0 Å². The molecule has 0 fully saturated rings. The molecule has 0 spiro atoms. The molecule has 24 heavy (non-hydrogen) atoms. The first-order valence-electron chi connectivity index (χ1n) is 8.10. The zero-order chi connectivity index (χ0) is 17.1. The van der Waals surface area contributed by atoms with E-state index in [1.807, 2.05) is 36.4 Å². The number of hydrogen-bond acceptors (Lipinski definition) is 4. The number of anilines is 1. The van der Waals surface area contributed by atoms with Gasteiger partial charge in [0.1, 0.15) is 6.61 Å². The smallest absolute Gasteiger partial charge is 0.285 e. The van der Waals surface area contributed by atoms with Crippen LogP contribution >= 0.6 is 0 Å². The summed E-state index contributed by atoms with van der Waals surface area (Å²) in [5.41, 5.74) is 2.63. The van der Waals surface area contributed by atoms with Gasteiger partial charge in [0.25, 0.3) is 11.8 Å². The molecule has 2 aromatic carbocycles. The highest BCUT2D eigenvalue weighted by atomic mass is 16.7. The summed E-state index contributed by atoms with van der Waals surface area (Å²) in [5.74, 6) is -0.808. The number of hydrogen-bond donors (Lipinski definition) is 0. The zero-order valence-corrected chi connectivity index (χ0v) is 13.9. The van der Waals surface area contributed by atoms with E-state index in [1.54, 1.807) is 12.1 Å². The molecular weight excluding hydrogens is 304 g/mol. The van der Waals surface area contributed by atoms with Gasteiger partial charge in [0.15, 0.2) is 0 Å². The van der Waals surface area contributed by atoms with Gasteiger partial charge in [-0.2, -0.15) is 0 Å². The first-order chi connectivity index (χ1) is 11.7. The van der Waals surface area contributed by atoms with Crippen molar-refractivity contribution in [1.29, 1.82) is 0 Å². The predicted octanol–water partition coefficient (Wildman–Crippen LogP) is 3.26. The maximum absolute atomic E-state index is 12.5. The Morgan fingerprint density at radius 3 is 2.25 bits per heavy atom. The standard InChI is InChI=1S/C19H20N2O3/c1-3-20(4-2)15-10-11-16-17(12-15)19(23)21(18(16)22)24-13-14-8-6-5-7-9-14/h5-12H,3-4,13H2,1-2H3. The maximum atomic E-state index is 12.5. The van der Waals surface area contributed by atoms with Crippen LogP contribution in [0.2, 0.25) is 0 Å². The van der Waals surface area contributed by atoms with E-state index in [2.05, 4.69) is 18.7 Å². The number of fused-ring (bicyclic) bond motifs is 1. The number of carbonyl (C=O) groups excluding carboxylic acids is 2. The lowest BCUT2D eigenvalue weighted by molar-refractivity contribution is -0.101. The molecule has 0 saturated heterocycles. The molecule has 0 unspecified atom stereocenters. The second kappa shape index (κ2) is 6.84. The zero-order valence-electron chi connectivity index (χ0n) is 13.9. The highest BCUT2D eigenvalue weighted by Crippen LogP contribution is 2.28. The van der Waals surface area contributed by atoms with Crippen molar-refractivity contribution in [2.45, 2.75) is 20.5 Å². The quantitative estimate of drug-likeness (QED) is 0.765. The van der Waals surface area contributed by atoms with E-state index in [-0.39, 0.29) is 6.61 Å². The number of amides is 2. The average molecular weight is 324 g/mol. The molecule has 0 aliphatic carbocycles. The van der Waals surface area contributed by atoms with Crippen molar-refractivity contribution in [1.82, 2.24) is 5.06 Å². The highest BCUT2D eigenvalue weighted by Gasteiger charge is 2.37. The summed E-state index contributed by atoms with van der Waals surface area (Å²) >= 11 is 0. The summed E-state index contributed by atoms with van der Waals surface area (Å²) in [6, 6.07) is 14.8. The molecule has 5 nitrogen and oxygen atoms in total. The van der Waals surface area contributed by atoms with Crippen LogP contribution in [-0.2, 0) is 11.4 Å². The molecule has 1 aliphatic rings. The Hall–Kier alpha value is -2.66. The van der Waals surface area contributed by atoms with Crippen LogP contribution in [0.5, 0.6) is 0 Å². The normalized spacial score (nSPS) is 13.3. The summed E-state index contributed by atoms with van der Waals surface area (Å²) in [5, 5.41) is 0.865. The monoisotopic (exact) mass is 324 g/mol. The molecule has 5 heteroatoms. The minimum atomic E-state index is -0.406. The third kappa shape index (κ3) is 2.90. The van der Waals surface area contributed by atoms with Gasteiger partial charge < -0.3 is 4.90 Å². The molecule has 0 atom stereocenters. The molecule has 0 radical (unpaired) electrons. The minimum Gasteiger partial charge on any atom is -0.372 e. The molecule has 0 saturated carbocycles. The lowest BCUT2D eigenvalue weighted by atomic mass is 10.1. The fourth-order valence-corrected chi connectivity index (χ4v) is 2.82. The Balaban J connectivity index is 1.80. The first-order valence-corrected chi connectivity index (χ1v) is 8.10. The molecule has 3 rings (SSSR count).